The fourth-order valence-corrected chi connectivity index (χ4v) is 1.56. The summed E-state index contributed by atoms with van der Waals surface area (Å²) in [5.74, 6) is -1.71. The molecule has 0 saturated carbocycles. The Bertz CT molecular complexity index is 445. The molecule has 0 bridgehead atoms. The second-order valence-electron chi connectivity index (χ2n) is 4.28. The third kappa shape index (κ3) is 4.32. The maximum Gasteiger partial charge on any atom is 0.308 e. The molecule has 1 aromatic rings. The normalized spacial score (nSPS) is 12.2. The highest BCUT2D eigenvalue weighted by molar-refractivity contribution is 5.77. The Morgan fingerprint density at radius 2 is 2.26 bits per heavy atom. The van der Waals surface area contributed by atoms with Crippen LogP contribution in [0.2, 0.25) is 0 Å². The van der Waals surface area contributed by atoms with E-state index in [1.54, 1.807) is 20.0 Å². The van der Waals surface area contributed by atoms with Crippen molar-refractivity contribution in [2.75, 3.05) is 13.1 Å². The van der Waals surface area contributed by atoms with Gasteiger partial charge in [-0.05, 0) is 6.92 Å². The molecule has 0 saturated heterocycles. The van der Waals surface area contributed by atoms with Crippen LogP contribution in [-0.2, 0) is 22.7 Å². The Kier molecular flexibility index (Phi) is 5.43. The smallest absolute Gasteiger partial charge is 0.308 e. The van der Waals surface area contributed by atoms with Crippen LogP contribution in [0.15, 0.2) is 6.20 Å². The molecule has 3 N–H and O–H groups in total. The number of aliphatic carboxylic acids is 1. The molecule has 1 unspecified atom stereocenters. The minimum atomic E-state index is -0.919. The third-order valence-corrected chi connectivity index (χ3v) is 2.74. The second-order valence-corrected chi connectivity index (χ2v) is 4.28. The molecule has 1 aromatic heterocycles. The summed E-state index contributed by atoms with van der Waals surface area (Å²) in [6.07, 6.45) is 1.60. The molecule has 106 valence electrons. The van der Waals surface area contributed by atoms with Crippen LogP contribution in [0.4, 0.5) is 0 Å². The number of carbonyl (C=O) groups excluding carboxylic acids is 1. The van der Waals surface area contributed by atoms with Gasteiger partial charge in [0.25, 0.3) is 0 Å². The molecule has 8 heteroatoms. The lowest BCUT2D eigenvalue weighted by molar-refractivity contribution is -0.143. The van der Waals surface area contributed by atoms with Crippen molar-refractivity contribution in [2.24, 2.45) is 11.7 Å². The minimum Gasteiger partial charge on any atom is -0.481 e. The van der Waals surface area contributed by atoms with Gasteiger partial charge in [-0.1, -0.05) is 12.1 Å². The Morgan fingerprint density at radius 3 is 2.74 bits per heavy atom. The summed E-state index contributed by atoms with van der Waals surface area (Å²) in [7, 11) is 0. The molecule has 0 spiro atoms. The van der Waals surface area contributed by atoms with E-state index >= 15 is 0 Å². The van der Waals surface area contributed by atoms with Gasteiger partial charge in [0.2, 0.25) is 5.91 Å². The lowest BCUT2D eigenvalue weighted by Crippen LogP contribution is -2.38. The number of carboxylic acid groups (broad SMARTS) is 1. The summed E-state index contributed by atoms with van der Waals surface area (Å²) < 4.78 is 1.40. The highest BCUT2D eigenvalue weighted by atomic mass is 16.4. The van der Waals surface area contributed by atoms with Gasteiger partial charge in [-0.15, -0.1) is 5.10 Å². The molecule has 1 amide bonds. The first-order valence-electron chi connectivity index (χ1n) is 6.07. The largest absolute Gasteiger partial charge is 0.481 e. The Morgan fingerprint density at radius 1 is 1.58 bits per heavy atom. The van der Waals surface area contributed by atoms with Gasteiger partial charge in [-0.25, -0.2) is 4.68 Å². The van der Waals surface area contributed by atoms with E-state index < -0.39 is 11.9 Å². The molecule has 1 heterocycles. The molecular formula is C11H19N5O3. The molecule has 0 aliphatic heterocycles. The van der Waals surface area contributed by atoms with Crippen molar-refractivity contribution in [3.05, 3.63) is 11.9 Å². The van der Waals surface area contributed by atoms with Crippen molar-refractivity contribution in [3.8, 4) is 0 Å². The third-order valence-electron chi connectivity index (χ3n) is 2.74. The van der Waals surface area contributed by atoms with E-state index in [9.17, 15) is 9.59 Å². The molecule has 1 atom stereocenters. The molecule has 19 heavy (non-hydrogen) atoms. The van der Waals surface area contributed by atoms with Gasteiger partial charge in [0, 0.05) is 19.6 Å². The van der Waals surface area contributed by atoms with E-state index in [2.05, 4.69) is 10.3 Å². The first-order valence-corrected chi connectivity index (χ1v) is 6.07. The predicted octanol–water partition coefficient (Wildman–Crippen LogP) is -0.694. The van der Waals surface area contributed by atoms with Crippen LogP contribution < -0.4 is 5.73 Å². The number of aromatic nitrogens is 3. The van der Waals surface area contributed by atoms with Crippen molar-refractivity contribution >= 4 is 11.9 Å². The number of likely N-dealkylation sites (N-methyl/N-ethyl adjacent to an activating group) is 1. The van der Waals surface area contributed by atoms with Crippen molar-refractivity contribution in [3.63, 3.8) is 0 Å². The number of carboxylic acids is 1. The van der Waals surface area contributed by atoms with Crippen LogP contribution in [-0.4, -0.2) is 50.0 Å². The first kappa shape index (κ1) is 15.1. The molecule has 0 radical (unpaired) electrons. The minimum absolute atomic E-state index is 0.0349. The lowest BCUT2D eigenvalue weighted by atomic mass is 10.1. The van der Waals surface area contributed by atoms with Crippen LogP contribution in [0.1, 0.15) is 19.5 Å². The number of carbonyl (C=O) groups is 2. The molecule has 0 aromatic carbocycles. The Balaban J connectivity index is 2.60. The zero-order valence-corrected chi connectivity index (χ0v) is 11.1. The van der Waals surface area contributed by atoms with Crippen LogP contribution in [0, 0.1) is 5.92 Å². The fraction of sp³-hybridized carbons (Fsp3) is 0.636. The van der Waals surface area contributed by atoms with Gasteiger partial charge in [0.15, 0.2) is 0 Å². The van der Waals surface area contributed by atoms with Gasteiger partial charge in [0.05, 0.1) is 17.8 Å². The average Bonchev–Trinajstić information content (AvgIpc) is 2.82. The van der Waals surface area contributed by atoms with E-state index in [0.717, 1.165) is 0 Å². The van der Waals surface area contributed by atoms with Crippen molar-refractivity contribution in [1.82, 2.24) is 19.9 Å². The highest BCUT2D eigenvalue weighted by Crippen LogP contribution is 2.02. The van der Waals surface area contributed by atoms with Gasteiger partial charge in [-0.2, -0.15) is 0 Å². The maximum atomic E-state index is 12.0. The standard InChI is InChI=1S/C11H19N5O3/c1-3-15(5-8(2)11(18)19)10(17)7-16-6-9(4-12)13-14-16/h6,8H,3-5,7,12H2,1-2H3,(H,18,19). The predicted molar refractivity (Wildman–Crippen MR) is 67.0 cm³/mol. The average molecular weight is 269 g/mol. The number of rotatable bonds is 7. The molecule has 8 nitrogen and oxygen atoms in total. The number of amides is 1. The van der Waals surface area contributed by atoms with Gasteiger partial charge < -0.3 is 15.7 Å². The number of hydrogen-bond acceptors (Lipinski definition) is 5. The van der Waals surface area contributed by atoms with E-state index in [1.165, 1.54) is 9.58 Å². The van der Waals surface area contributed by atoms with Crippen LogP contribution in [0.25, 0.3) is 0 Å². The van der Waals surface area contributed by atoms with Crippen molar-refractivity contribution in [2.45, 2.75) is 26.9 Å². The van der Waals surface area contributed by atoms with E-state index in [-0.39, 0.29) is 25.5 Å². The van der Waals surface area contributed by atoms with E-state index in [4.69, 9.17) is 10.8 Å². The summed E-state index contributed by atoms with van der Waals surface area (Å²) in [6, 6.07) is 0. The summed E-state index contributed by atoms with van der Waals surface area (Å²) in [5.41, 5.74) is 6.01. The Hall–Kier alpha value is -1.96. The lowest BCUT2D eigenvalue weighted by Gasteiger charge is -2.22. The van der Waals surface area contributed by atoms with Crippen LogP contribution >= 0.6 is 0 Å². The quantitative estimate of drug-likeness (QED) is 0.677. The summed E-state index contributed by atoms with van der Waals surface area (Å²) in [6.45, 7) is 4.31. The van der Waals surface area contributed by atoms with Crippen molar-refractivity contribution in [1.29, 1.82) is 0 Å². The van der Waals surface area contributed by atoms with E-state index in [0.29, 0.717) is 12.2 Å². The molecular weight excluding hydrogens is 250 g/mol. The summed E-state index contributed by atoms with van der Waals surface area (Å²) >= 11 is 0. The Labute approximate surface area is 111 Å². The second kappa shape index (κ2) is 6.83. The monoisotopic (exact) mass is 269 g/mol. The highest BCUT2D eigenvalue weighted by Gasteiger charge is 2.19. The summed E-state index contributed by atoms with van der Waals surface area (Å²) in [4.78, 5) is 24.3. The first-order chi connectivity index (χ1) is 8.97. The topological polar surface area (TPSA) is 114 Å². The zero-order valence-electron chi connectivity index (χ0n) is 11.1. The van der Waals surface area contributed by atoms with Gasteiger partial charge in [-0.3, -0.25) is 9.59 Å². The van der Waals surface area contributed by atoms with Gasteiger partial charge in [0.1, 0.15) is 6.54 Å². The number of nitrogens with two attached hydrogens (primary N) is 1. The SMILES string of the molecule is CCN(CC(C)C(=O)O)C(=O)Cn1cc(CN)nn1. The molecule has 1 rings (SSSR count). The van der Waals surface area contributed by atoms with Crippen LogP contribution in [0.5, 0.6) is 0 Å². The summed E-state index contributed by atoms with van der Waals surface area (Å²) in [5, 5.41) is 16.4. The van der Waals surface area contributed by atoms with Crippen molar-refractivity contribution < 1.29 is 14.7 Å². The van der Waals surface area contributed by atoms with Crippen LogP contribution in [0.3, 0.4) is 0 Å². The fourth-order valence-electron chi connectivity index (χ4n) is 1.56. The maximum absolute atomic E-state index is 12.0. The van der Waals surface area contributed by atoms with Gasteiger partial charge >= 0.3 is 5.97 Å². The number of nitrogens with zero attached hydrogens (tertiary/aromatic N) is 4. The number of hydrogen-bond donors (Lipinski definition) is 2. The molecule has 0 fully saturated rings. The zero-order chi connectivity index (χ0) is 14.4. The molecule has 0 aliphatic carbocycles. The van der Waals surface area contributed by atoms with E-state index in [1.807, 2.05) is 0 Å². The molecule has 0 aliphatic rings.